The maximum Gasteiger partial charge on any atom is 0.343 e. The largest absolute Gasteiger partial charge is 0.423 e. The van der Waals surface area contributed by atoms with Gasteiger partial charge in [-0.3, -0.25) is 0 Å². The number of carbonyl (C=O) groups excluding carboxylic acids is 1. The minimum atomic E-state index is -0.459. The summed E-state index contributed by atoms with van der Waals surface area (Å²) in [5, 5.41) is 4.94. The number of aromatic nitrogens is 2. The number of carbonyl (C=O) groups is 1. The lowest BCUT2D eigenvalue weighted by Gasteiger charge is -2.10. The van der Waals surface area contributed by atoms with Crippen molar-refractivity contribution in [1.82, 2.24) is 9.97 Å². The van der Waals surface area contributed by atoms with E-state index in [1.165, 1.54) is 0 Å². The van der Waals surface area contributed by atoms with Gasteiger partial charge in [0.05, 0.1) is 27.6 Å². The van der Waals surface area contributed by atoms with Crippen molar-refractivity contribution in [2.24, 2.45) is 0 Å². The second-order valence-corrected chi connectivity index (χ2v) is 8.00. The maximum atomic E-state index is 12.7. The van der Waals surface area contributed by atoms with Gasteiger partial charge in [0.15, 0.2) is 0 Å². The lowest BCUT2D eigenvalue weighted by atomic mass is 9.99. The molecule has 0 unspecified atom stereocenters. The number of esters is 1. The number of ether oxygens (including phenoxy) is 1. The van der Waals surface area contributed by atoms with E-state index in [1.807, 2.05) is 30.3 Å². The molecule has 32 heavy (non-hydrogen) atoms. The first-order valence-corrected chi connectivity index (χ1v) is 10.5. The van der Waals surface area contributed by atoms with E-state index in [-0.39, 0.29) is 0 Å². The first kappa shape index (κ1) is 18.7. The van der Waals surface area contributed by atoms with Crippen molar-refractivity contribution in [2.45, 2.75) is 0 Å². The molecule has 0 N–H and O–H groups in total. The van der Waals surface area contributed by atoms with Crippen molar-refractivity contribution < 1.29 is 9.53 Å². The Labute approximate surface area is 188 Å². The zero-order valence-corrected chi connectivity index (χ0v) is 17.5. The Kier molecular flexibility index (Phi) is 4.27. The highest BCUT2D eigenvalue weighted by atomic mass is 35.5. The van der Waals surface area contributed by atoms with Gasteiger partial charge in [0, 0.05) is 15.8 Å². The minimum Gasteiger partial charge on any atom is -0.423 e. The minimum absolute atomic E-state index is 0.409. The van der Waals surface area contributed by atoms with Crippen LogP contribution in [0.4, 0.5) is 0 Å². The lowest BCUT2D eigenvalue weighted by molar-refractivity contribution is 0.0735. The monoisotopic (exact) mass is 434 g/mol. The summed E-state index contributed by atoms with van der Waals surface area (Å²) in [4.78, 5) is 22.5. The summed E-state index contributed by atoms with van der Waals surface area (Å²) < 4.78 is 5.47. The first-order valence-electron chi connectivity index (χ1n) is 10.2. The van der Waals surface area contributed by atoms with Crippen LogP contribution in [-0.4, -0.2) is 15.9 Å². The maximum absolute atomic E-state index is 12.7. The number of hydrogen-bond donors (Lipinski definition) is 0. The zero-order chi connectivity index (χ0) is 21.7. The van der Waals surface area contributed by atoms with Crippen molar-refractivity contribution in [3.63, 3.8) is 0 Å². The molecule has 0 aliphatic carbocycles. The van der Waals surface area contributed by atoms with Crippen LogP contribution >= 0.6 is 11.6 Å². The fourth-order valence-corrected chi connectivity index (χ4v) is 4.20. The molecular weight excluding hydrogens is 420 g/mol. The third-order valence-corrected chi connectivity index (χ3v) is 5.83. The number of halogens is 1. The van der Waals surface area contributed by atoms with Gasteiger partial charge in [0.1, 0.15) is 5.75 Å². The van der Waals surface area contributed by atoms with Crippen LogP contribution in [0.1, 0.15) is 10.4 Å². The number of fused-ring (bicyclic) bond motifs is 7. The first-order chi connectivity index (χ1) is 15.7. The molecule has 5 aromatic carbocycles. The SMILES string of the molecule is O=C(Oc1ccc(Cl)cc1)c1ccc2nc3c4ccccc4c4ccccc4c3nc2c1. The molecule has 0 aliphatic heterocycles. The Morgan fingerprint density at radius 1 is 0.656 bits per heavy atom. The summed E-state index contributed by atoms with van der Waals surface area (Å²) in [6.45, 7) is 0. The molecule has 0 saturated heterocycles. The van der Waals surface area contributed by atoms with Crippen molar-refractivity contribution in [3.8, 4) is 5.75 Å². The van der Waals surface area contributed by atoms with Gasteiger partial charge < -0.3 is 4.74 Å². The number of nitrogens with zero attached hydrogens (tertiary/aromatic N) is 2. The fraction of sp³-hybridized carbons (Fsp3) is 0. The highest BCUT2D eigenvalue weighted by Crippen LogP contribution is 2.34. The van der Waals surface area contributed by atoms with Crippen LogP contribution < -0.4 is 4.74 Å². The van der Waals surface area contributed by atoms with Crippen molar-refractivity contribution in [2.75, 3.05) is 0 Å². The van der Waals surface area contributed by atoms with Gasteiger partial charge >= 0.3 is 5.97 Å². The molecule has 0 aliphatic rings. The molecule has 0 amide bonds. The third-order valence-electron chi connectivity index (χ3n) is 5.58. The van der Waals surface area contributed by atoms with Crippen LogP contribution in [0.25, 0.3) is 43.6 Å². The van der Waals surface area contributed by atoms with Crippen LogP contribution in [0.5, 0.6) is 5.75 Å². The molecule has 152 valence electrons. The van der Waals surface area contributed by atoms with E-state index in [4.69, 9.17) is 26.3 Å². The van der Waals surface area contributed by atoms with Crippen molar-refractivity contribution in [1.29, 1.82) is 0 Å². The molecule has 0 radical (unpaired) electrons. The molecule has 0 fully saturated rings. The Balaban J connectivity index is 1.53. The normalized spacial score (nSPS) is 11.4. The molecule has 0 atom stereocenters. The molecule has 4 nitrogen and oxygen atoms in total. The van der Waals surface area contributed by atoms with Crippen LogP contribution in [0.2, 0.25) is 5.02 Å². The van der Waals surface area contributed by atoms with Gasteiger partial charge in [0.2, 0.25) is 0 Å². The molecule has 0 saturated carbocycles. The molecular formula is C27H15ClN2O2. The van der Waals surface area contributed by atoms with Crippen LogP contribution in [0.15, 0.2) is 91.0 Å². The van der Waals surface area contributed by atoms with Crippen molar-refractivity contribution >= 4 is 61.2 Å². The standard InChI is InChI=1S/C27H15ClN2O2/c28-17-10-12-18(13-11-17)32-27(31)16-9-14-23-24(15-16)30-26-22-8-4-2-6-20(22)19-5-1-3-7-21(19)25(26)29-23/h1-15H. The average Bonchev–Trinajstić information content (AvgIpc) is 2.84. The van der Waals surface area contributed by atoms with Gasteiger partial charge in [-0.2, -0.15) is 0 Å². The third kappa shape index (κ3) is 3.04. The van der Waals surface area contributed by atoms with E-state index in [1.54, 1.807) is 36.4 Å². The lowest BCUT2D eigenvalue weighted by Crippen LogP contribution is -2.08. The Morgan fingerprint density at radius 2 is 1.22 bits per heavy atom. The van der Waals surface area contributed by atoms with Crippen molar-refractivity contribution in [3.05, 3.63) is 102 Å². The molecule has 5 heteroatoms. The Bertz CT molecular complexity index is 1680. The predicted molar refractivity (Wildman–Crippen MR) is 128 cm³/mol. The number of rotatable bonds is 2. The zero-order valence-electron chi connectivity index (χ0n) is 16.7. The molecule has 1 aromatic heterocycles. The summed E-state index contributed by atoms with van der Waals surface area (Å²) in [5.74, 6) is -0.0268. The Hall–Kier alpha value is -4.02. The van der Waals surface area contributed by atoms with Crippen LogP contribution in [-0.2, 0) is 0 Å². The van der Waals surface area contributed by atoms with Gasteiger partial charge in [-0.15, -0.1) is 0 Å². The van der Waals surface area contributed by atoms with Gasteiger partial charge in [-0.1, -0.05) is 60.1 Å². The van der Waals surface area contributed by atoms with E-state index in [2.05, 4.69) is 24.3 Å². The molecule has 1 heterocycles. The van der Waals surface area contributed by atoms with E-state index < -0.39 is 5.97 Å². The van der Waals surface area contributed by atoms with Gasteiger partial charge in [-0.05, 0) is 53.2 Å². The topological polar surface area (TPSA) is 52.1 Å². The molecule has 0 bridgehead atoms. The second-order valence-electron chi connectivity index (χ2n) is 7.56. The quantitative estimate of drug-likeness (QED) is 0.128. The van der Waals surface area contributed by atoms with Gasteiger partial charge in [-0.25, -0.2) is 14.8 Å². The van der Waals surface area contributed by atoms with E-state index in [0.717, 1.165) is 38.1 Å². The summed E-state index contributed by atoms with van der Waals surface area (Å²) in [7, 11) is 0. The summed E-state index contributed by atoms with van der Waals surface area (Å²) in [6, 6.07) is 28.3. The van der Waals surface area contributed by atoms with Crippen LogP contribution in [0, 0.1) is 0 Å². The highest BCUT2D eigenvalue weighted by Gasteiger charge is 2.14. The molecule has 6 aromatic rings. The fourth-order valence-electron chi connectivity index (χ4n) is 4.07. The summed E-state index contributed by atoms with van der Waals surface area (Å²) in [5.41, 5.74) is 3.44. The van der Waals surface area contributed by atoms with Gasteiger partial charge in [0.25, 0.3) is 0 Å². The molecule has 6 rings (SSSR count). The predicted octanol–water partition coefficient (Wildman–Crippen LogP) is 6.96. The second kappa shape index (κ2) is 7.29. The Morgan fingerprint density at radius 3 is 1.84 bits per heavy atom. The summed E-state index contributed by atoms with van der Waals surface area (Å²) in [6.07, 6.45) is 0. The smallest absolute Gasteiger partial charge is 0.343 e. The summed E-state index contributed by atoms with van der Waals surface area (Å²) >= 11 is 5.90. The van der Waals surface area contributed by atoms with E-state index >= 15 is 0 Å². The number of benzene rings is 5. The van der Waals surface area contributed by atoms with E-state index in [9.17, 15) is 4.79 Å². The highest BCUT2D eigenvalue weighted by molar-refractivity contribution is 6.30. The molecule has 0 spiro atoms. The van der Waals surface area contributed by atoms with E-state index in [0.29, 0.717) is 21.9 Å². The number of hydrogen-bond acceptors (Lipinski definition) is 4. The average molecular weight is 435 g/mol. The van der Waals surface area contributed by atoms with Crippen LogP contribution in [0.3, 0.4) is 0 Å².